The van der Waals surface area contributed by atoms with E-state index in [1.54, 1.807) is 0 Å². The van der Waals surface area contributed by atoms with Crippen LogP contribution >= 0.6 is 0 Å². The summed E-state index contributed by atoms with van der Waals surface area (Å²) in [4.78, 5) is 23.3. The summed E-state index contributed by atoms with van der Waals surface area (Å²) in [6, 6.07) is 0. The summed E-state index contributed by atoms with van der Waals surface area (Å²) in [7, 11) is 0. The van der Waals surface area contributed by atoms with Crippen LogP contribution in [0, 0.1) is 17.8 Å². The van der Waals surface area contributed by atoms with Gasteiger partial charge in [0.2, 0.25) is 0 Å². The molecular formula is C18H24F2O7. The van der Waals surface area contributed by atoms with Gasteiger partial charge >= 0.3 is 17.9 Å². The number of esters is 2. The summed E-state index contributed by atoms with van der Waals surface area (Å²) >= 11 is 0. The molecule has 1 saturated heterocycles. The highest BCUT2D eigenvalue weighted by molar-refractivity contribution is 5.80. The quantitative estimate of drug-likeness (QED) is 0.710. The Morgan fingerprint density at radius 1 is 1.22 bits per heavy atom. The van der Waals surface area contributed by atoms with E-state index in [4.69, 9.17) is 14.2 Å². The number of hydrogen-bond donors (Lipinski definition) is 1. The van der Waals surface area contributed by atoms with E-state index in [0.717, 1.165) is 12.8 Å². The predicted molar refractivity (Wildman–Crippen MR) is 84.6 cm³/mol. The molecule has 5 fully saturated rings. The van der Waals surface area contributed by atoms with E-state index in [-0.39, 0.29) is 24.5 Å². The molecule has 0 radical (unpaired) electrons. The summed E-state index contributed by atoms with van der Waals surface area (Å²) in [5, 5.41) is 9.37. The summed E-state index contributed by atoms with van der Waals surface area (Å²) in [6.07, 6.45) is 3.30. The second kappa shape index (κ2) is 6.35. The maximum Gasteiger partial charge on any atom is 0.377 e. The van der Waals surface area contributed by atoms with Crippen molar-refractivity contribution < 1.29 is 42.4 Å². The van der Waals surface area contributed by atoms with Gasteiger partial charge in [-0.3, -0.25) is 0 Å². The summed E-state index contributed by atoms with van der Waals surface area (Å²) in [5.74, 6) is -6.45. The monoisotopic (exact) mass is 390 g/mol. The first kappa shape index (κ1) is 19.0. The molecule has 5 aliphatic rings. The lowest BCUT2D eigenvalue weighted by Crippen LogP contribution is -2.65. The zero-order valence-electron chi connectivity index (χ0n) is 15.1. The first-order valence-corrected chi connectivity index (χ1v) is 9.35. The third kappa shape index (κ3) is 3.23. The number of aliphatic hydroxyl groups excluding tert-OH is 1. The van der Waals surface area contributed by atoms with Crippen LogP contribution in [0.25, 0.3) is 0 Å². The Bertz CT molecular complexity index is 616. The summed E-state index contributed by atoms with van der Waals surface area (Å²) < 4.78 is 47.8. The van der Waals surface area contributed by atoms with E-state index in [1.165, 1.54) is 0 Å². The van der Waals surface area contributed by atoms with Crippen LogP contribution in [0.2, 0.25) is 0 Å². The number of halogens is 2. The Morgan fingerprint density at radius 2 is 1.89 bits per heavy atom. The lowest BCUT2D eigenvalue weighted by atomic mass is 9.51. The Labute approximate surface area is 155 Å². The first-order valence-electron chi connectivity index (χ1n) is 9.35. The molecule has 5 rings (SSSR count). The molecule has 4 saturated carbocycles. The largest absolute Gasteiger partial charge is 0.457 e. The average molecular weight is 390 g/mol. The van der Waals surface area contributed by atoms with Gasteiger partial charge in [-0.2, -0.15) is 8.78 Å². The normalized spacial score (nSPS) is 42.5. The lowest BCUT2D eigenvalue weighted by Gasteiger charge is -2.62. The van der Waals surface area contributed by atoms with Gasteiger partial charge in [-0.15, -0.1) is 0 Å². The molecule has 152 valence electrons. The standard InChI is InChI=1S/C18H24F2O7/c1-16(19,20)15(23)24-9-14(22)27-17-4-10-2-11(5-17)18(12(3-10)6-17)25-8-13(7-21)26-18/h10-13,21H,2-9H2,1H3. The molecule has 0 aromatic carbocycles. The van der Waals surface area contributed by atoms with Crippen molar-refractivity contribution in [2.75, 3.05) is 19.8 Å². The molecule has 7 nitrogen and oxygen atoms in total. The molecule has 1 heterocycles. The number of carbonyl (C=O) groups is 2. The molecule has 1 aliphatic heterocycles. The number of ether oxygens (including phenoxy) is 4. The molecule has 1 N–H and O–H groups in total. The van der Waals surface area contributed by atoms with Crippen LogP contribution in [0.15, 0.2) is 0 Å². The molecule has 0 aromatic rings. The second-order valence-corrected chi connectivity index (χ2v) is 8.42. The molecule has 4 bridgehead atoms. The van der Waals surface area contributed by atoms with Crippen molar-refractivity contribution in [3.8, 4) is 0 Å². The Balaban J connectivity index is 1.41. The highest BCUT2D eigenvalue weighted by Crippen LogP contribution is 2.63. The number of carbonyl (C=O) groups excluding carboxylic acids is 2. The molecule has 9 heteroatoms. The molecule has 1 spiro atoms. The number of hydrogen-bond acceptors (Lipinski definition) is 7. The highest BCUT2D eigenvalue weighted by atomic mass is 19.3. The van der Waals surface area contributed by atoms with Gasteiger partial charge in [-0.05, 0) is 38.0 Å². The molecule has 3 unspecified atom stereocenters. The third-order valence-electron chi connectivity index (χ3n) is 6.33. The van der Waals surface area contributed by atoms with Crippen LogP contribution in [-0.2, 0) is 28.5 Å². The lowest BCUT2D eigenvalue weighted by molar-refractivity contribution is -0.320. The molecule has 4 aliphatic carbocycles. The maximum atomic E-state index is 12.8. The summed E-state index contributed by atoms with van der Waals surface area (Å²) in [5.41, 5.74) is -0.690. The van der Waals surface area contributed by atoms with E-state index in [2.05, 4.69) is 4.74 Å². The van der Waals surface area contributed by atoms with Crippen LogP contribution in [0.5, 0.6) is 0 Å². The van der Waals surface area contributed by atoms with Gasteiger partial charge in [0.25, 0.3) is 0 Å². The molecule has 3 atom stereocenters. The SMILES string of the molecule is CC(F)(F)C(=O)OCC(=O)OC12CC3CC(C1)C1(OCC(CO)O1)C(C3)C2. The maximum absolute atomic E-state index is 12.8. The van der Waals surface area contributed by atoms with E-state index in [9.17, 15) is 23.5 Å². The highest BCUT2D eigenvalue weighted by Gasteiger charge is 2.67. The fraction of sp³-hybridized carbons (Fsp3) is 0.889. The van der Waals surface area contributed by atoms with Crippen molar-refractivity contribution in [2.45, 2.75) is 62.4 Å². The van der Waals surface area contributed by atoms with Crippen molar-refractivity contribution in [3.05, 3.63) is 0 Å². The second-order valence-electron chi connectivity index (χ2n) is 8.42. The smallest absolute Gasteiger partial charge is 0.377 e. The third-order valence-corrected chi connectivity index (χ3v) is 6.33. The number of alkyl halides is 2. The summed E-state index contributed by atoms with van der Waals surface area (Å²) in [6.45, 7) is -0.157. The van der Waals surface area contributed by atoms with E-state index in [0.29, 0.717) is 38.7 Å². The van der Waals surface area contributed by atoms with Crippen LogP contribution in [0.1, 0.15) is 39.0 Å². The number of rotatable bonds is 5. The minimum atomic E-state index is -3.65. The fourth-order valence-electron chi connectivity index (χ4n) is 5.57. The van der Waals surface area contributed by atoms with Crippen LogP contribution < -0.4 is 0 Å². The van der Waals surface area contributed by atoms with Crippen molar-refractivity contribution >= 4 is 11.9 Å². The molecule has 27 heavy (non-hydrogen) atoms. The zero-order chi connectivity index (χ0) is 19.4. The van der Waals surface area contributed by atoms with Crippen LogP contribution in [0.4, 0.5) is 8.78 Å². The van der Waals surface area contributed by atoms with Gasteiger partial charge in [0.15, 0.2) is 12.4 Å². The Hall–Kier alpha value is -1.32. The topological polar surface area (TPSA) is 91.3 Å². The van der Waals surface area contributed by atoms with Crippen LogP contribution in [0.3, 0.4) is 0 Å². The van der Waals surface area contributed by atoms with E-state index >= 15 is 0 Å². The molecule has 0 amide bonds. The van der Waals surface area contributed by atoms with Gasteiger partial charge in [-0.1, -0.05) is 0 Å². The van der Waals surface area contributed by atoms with Gasteiger partial charge in [0, 0.05) is 18.8 Å². The van der Waals surface area contributed by atoms with E-state index < -0.39 is 35.9 Å². The van der Waals surface area contributed by atoms with Gasteiger partial charge in [0.1, 0.15) is 11.7 Å². The van der Waals surface area contributed by atoms with Crippen LogP contribution in [-0.4, -0.2) is 60.3 Å². The van der Waals surface area contributed by atoms with Crippen molar-refractivity contribution in [2.24, 2.45) is 17.8 Å². The predicted octanol–water partition coefficient (Wildman–Crippen LogP) is 1.41. The fourth-order valence-corrected chi connectivity index (χ4v) is 5.57. The first-order chi connectivity index (χ1) is 12.7. The zero-order valence-corrected chi connectivity index (χ0v) is 15.1. The van der Waals surface area contributed by atoms with Gasteiger partial charge < -0.3 is 24.1 Å². The Morgan fingerprint density at radius 3 is 2.44 bits per heavy atom. The molecule has 0 aromatic heterocycles. The minimum absolute atomic E-state index is 0.0515. The van der Waals surface area contributed by atoms with Gasteiger partial charge in [0.05, 0.1) is 13.2 Å². The number of aliphatic hydroxyl groups is 1. The molecular weight excluding hydrogens is 366 g/mol. The van der Waals surface area contributed by atoms with Crippen molar-refractivity contribution in [3.63, 3.8) is 0 Å². The van der Waals surface area contributed by atoms with Crippen molar-refractivity contribution in [1.82, 2.24) is 0 Å². The minimum Gasteiger partial charge on any atom is -0.457 e. The average Bonchev–Trinajstić information content (AvgIpc) is 3.01. The van der Waals surface area contributed by atoms with Gasteiger partial charge in [-0.25, -0.2) is 9.59 Å². The van der Waals surface area contributed by atoms with Crippen molar-refractivity contribution in [1.29, 1.82) is 0 Å². The van der Waals surface area contributed by atoms with E-state index in [1.807, 2.05) is 0 Å². The Kier molecular flexibility index (Phi) is 4.47.